The monoisotopic (exact) mass is 455 g/mol. The number of halogens is 3. The lowest BCUT2D eigenvalue weighted by molar-refractivity contribution is 0.610. The van der Waals surface area contributed by atoms with Gasteiger partial charge >= 0.3 is 0 Å². The fourth-order valence-electron chi connectivity index (χ4n) is 2.32. The van der Waals surface area contributed by atoms with Crippen LogP contribution in [-0.2, 0) is 6.54 Å². The summed E-state index contributed by atoms with van der Waals surface area (Å²) in [6, 6.07) is 5.21. The molecule has 1 aromatic carbocycles. The van der Waals surface area contributed by atoms with Crippen molar-refractivity contribution in [1.82, 2.24) is 10.6 Å². The first kappa shape index (κ1) is 17.7. The molecule has 20 heavy (non-hydrogen) atoms. The average Bonchev–Trinajstić information content (AvgIpc) is 2.91. The van der Waals surface area contributed by atoms with Gasteiger partial charge in [-0.3, -0.25) is 4.99 Å². The summed E-state index contributed by atoms with van der Waals surface area (Å²) in [5.74, 6) is 0.557. The summed E-state index contributed by atoms with van der Waals surface area (Å²) in [6.45, 7) is 0.546. The molecule has 1 aromatic rings. The second-order valence-corrected chi connectivity index (χ2v) is 5.64. The van der Waals surface area contributed by atoms with Crippen LogP contribution in [0.3, 0.4) is 0 Å². The molecule has 0 saturated heterocycles. The topological polar surface area (TPSA) is 36.4 Å². The van der Waals surface area contributed by atoms with Crippen LogP contribution in [0, 0.1) is 5.82 Å². The van der Waals surface area contributed by atoms with Crippen LogP contribution < -0.4 is 10.6 Å². The summed E-state index contributed by atoms with van der Waals surface area (Å²) in [5.41, 5.74) is 0.884. The van der Waals surface area contributed by atoms with Gasteiger partial charge in [0.1, 0.15) is 5.82 Å². The first-order chi connectivity index (χ1) is 9.19. The zero-order valence-corrected chi connectivity index (χ0v) is 15.4. The summed E-state index contributed by atoms with van der Waals surface area (Å²) < 4.78 is 14.1. The summed E-state index contributed by atoms with van der Waals surface area (Å²) in [7, 11) is 1.75. The van der Waals surface area contributed by atoms with E-state index in [0.717, 1.165) is 16.0 Å². The lowest BCUT2D eigenvalue weighted by Gasteiger charge is -2.17. The van der Waals surface area contributed by atoms with E-state index >= 15 is 0 Å². The lowest BCUT2D eigenvalue weighted by Crippen LogP contribution is -2.42. The fourth-order valence-corrected chi connectivity index (χ4v) is 2.70. The quantitative estimate of drug-likeness (QED) is 0.413. The van der Waals surface area contributed by atoms with Crippen molar-refractivity contribution in [3.05, 3.63) is 34.1 Å². The number of hydrogen-bond acceptors (Lipinski definition) is 1. The Morgan fingerprint density at radius 1 is 1.40 bits per heavy atom. The van der Waals surface area contributed by atoms with Crippen molar-refractivity contribution in [1.29, 1.82) is 0 Å². The Morgan fingerprint density at radius 3 is 2.75 bits per heavy atom. The van der Waals surface area contributed by atoms with Crippen LogP contribution in [0.4, 0.5) is 4.39 Å². The summed E-state index contributed by atoms with van der Waals surface area (Å²) >= 11 is 3.42. The number of nitrogens with zero attached hydrogens (tertiary/aromatic N) is 1. The van der Waals surface area contributed by atoms with Gasteiger partial charge in [-0.05, 0) is 36.6 Å². The van der Waals surface area contributed by atoms with Crippen LogP contribution in [0.5, 0.6) is 0 Å². The molecule has 0 aromatic heterocycles. The molecular weight excluding hydrogens is 436 g/mol. The Morgan fingerprint density at radius 2 is 2.10 bits per heavy atom. The van der Waals surface area contributed by atoms with Crippen molar-refractivity contribution in [2.75, 3.05) is 7.05 Å². The van der Waals surface area contributed by atoms with Crippen LogP contribution in [0.25, 0.3) is 0 Å². The zero-order valence-electron chi connectivity index (χ0n) is 11.5. The van der Waals surface area contributed by atoms with Crippen molar-refractivity contribution < 1.29 is 4.39 Å². The first-order valence-electron chi connectivity index (χ1n) is 6.60. The second-order valence-electron chi connectivity index (χ2n) is 4.79. The number of aliphatic imine (C=N–C) groups is 1. The Hall–Kier alpha value is -0.370. The molecule has 6 heteroatoms. The van der Waals surface area contributed by atoms with Crippen molar-refractivity contribution in [3.63, 3.8) is 0 Å². The largest absolute Gasteiger partial charge is 0.354 e. The highest BCUT2D eigenvalue weighted by molar-refractivity contribution is 14.0. The fraction of sp³-hybridized carbons (Fsp3) is 0.500. The van der Waals surface area contributed by atoms with Crippen LogP contribution in [-0.4, -0.2) is 19.0 Å². The van der Waals surface area contributed by atoms with E-state index in [-0.39, 0.29) is 29.8 Å². The van der Waals surface area contributed by atoms with Crippen molar-refractivity contribution in [2.45, 2.75) is 38.3 Å². The van der Waals surface area contributed by atoms with E-state index in [4.69, 9.17) is 0 Å². The van der Waals surface area contributed by atoms with Gasteiger partial charge in [-0.1, -0.05) is 28.8 Å². The zero-order chi connectivity index (χ0) is 13.7. The molecule has 1 fully saturated rings. The highest BCUT2D eigenvalue weighted by Gasteiger charge is 2.15. The van der Waals surface area contributed by atoms with Gasteiger partial charge in [0, 0.05) is 24.1 Å². The minimum atomic E-state index is -0.223. The molecular formula is C14H20BrFIN3. The Balaban J connectivity index is 0.00000200. The maximum atomic E-state index is 13.2. The van der Waals surface area contributed by atoms with Crippen LogP contribution in [0.2, 0.25) is 0 Å². The number of nitrogens with one attached hydrogen (secondary N) is 2. The molecule has 0 atom stereocenters. The van der Waals surface area contributed by atoms with Gasteiger partial charge in [0.05, 0.1) is 0 Å². The maximum Gasteiger partial charge on any atom is 0.191 e. The van der Waals surface area contributed by atoms with Gasteiger partial charge < -0.3 is 10.6 Å². The summed E-state index contributed by atoms with van der Waals surface area (Å²) in [5, 5.41) is 6.62. The van der Waals surface area contributed by atoms with Crippen molar-refractivity contribution in [3.8, 4) is 0 Å². The molecule has 1 aliphatic rings. The third-order valence-corrected chi connectivity index (χ3v) is 4.15. The van der Waals surface area contributed by atoms with Crippen molar-refractivity contribution in [2.24, 2.45) is 4.99 Å². The van der Waals surface area contributed by atoms with E-state index in [2.05, 4.69) is 31.6 Å². The molecule has 3 nitrogen and oxygen atoms in total. The molecule has 1 saturated carbocycles. The number of rotatable bonds is 3. The van der Waals surface area contributed by atoms with E-state index in [1.54, 1.807) is 13.1 Å². The molecule has 0 heterocycles. The Bertz CT molecular complexity index is 462. The van der Waals surface area contributed by atoms with E-state index in [1.165, 1.54) is 37.8 Å². The molecule has 0 radical (unpaired) electrons. The molecule has 112 valence electrons. The standard InChI is InChI=1S/C14H19BrFN3.HI/c1-17-14(19-12-4-2-3-5-12)18-9-10-8-11(16)6-7-13(10)15;/h6-8,12H,2-5,9H2,1H3,(H2,17,18,19);1H. The van der Waals surface area contributed by atoms with Gasteiger partial charge in [-0.15, -0.1) is 24.0 Å². The number of guanidine groups is 1. The molecule has 0 spiro atoms. The normalized spacial score (nSPS) is 15.8. The minimum absolute atomic E-state index is 0. The van der Waals surface area contributed by atoms with Crippen molar-refractivity contribution >= 4 is 45.9 Å². The summed E-state index contributed by atoms with van der Waals surface area (Å²) in [6.07, 6.45) is 4.96. The average molecular weight is 456 g/mol. The highest BCUT2D eigenvalue weighted by Crippen LogP contribution is 2.18. The Labute approximate surface area is 145 Å². The van der Waals surface area contributed by atoms with Gasteiger partial charge in [0.2, 0.25) is 0 Å². The number of benzene rings is 1. The predicted molar refractivity (Wildman–Crippen MR) is 95.1 cm³/mol. The van der Waals surface area contributed by atoms with E-state index in [1.807, 2.05) is 0 Å². The third kappa shape index (κ3) is 5.20. The summed E-state index contributed by atoms with van der Waals surface area (Å²) in [4.78, 5) is 4.20. The molecule has 2 rings (SSSR count). The molecule has 2 N–H and O–H groups in total. The molecule has 0 aliphatic heterocycles. The minimum Gasteiger partial charge on any atom is -0.354 e. The van der Waals surface area contributed by atoms with E-state index < -0.39 is 0 Å². The van der Waals surface area contributed by atoms with Gasteiger partial charge in [0.25, 0.3) is 0 Å². The SMILES string of the molecule is CN=C(NCc1cc(F)ccc1Br)NC1CCCC1.I. The van der Waals surface area contributed by atoms with Gasteiger partial charge in [-0.2, -0.15) is 0 Å². The van der Waals surface area contributed by atoms with Crippen LogP contribution in [0.1, 0.15) is 31.2 Å². The molecule has 0 amide bonds. The number of hydrogen-bond donors (Lipinski definition) is 2. The first-order valence-corrected chi connectivity index (χ1v) is 7.39. The molecule has 0 bridgehead atoms. The van der Waals surface area contributed by atoms with Gasteiger partial charge in [0.15, 0.2) is 5.96 Å². The third-order valence-electron chi connectivity index (χ3n) is 3.37. The molecule has 1 aliphatic carbocycles. The highest BCUT2D eigenvalue weighted by atomic mass is 127. The van der Waals surface area contributed by atoms with E-state index in [9.17, 15) is 4.39 Å². The van der Waals surface area contributed by atoms with E-state index in [0.29, 0.717) is 12.6 Å². The second kappa shape index (κ2) is 8.81. The molecule has 0 unspecified atom stereocenters. The van der Waals surface area contributed by atoms with Crippen LogP contribution >= 0.6 is 39.9 Å². The predicted octanol–water partition coefficient (Wildman–Crippen LogP) is 3.81. The van der Waals surface area contributed by atoms with Crippen LogP contribution in [0.15, 0.2) is 27.7 Å². The van der Waals surface area contributed by atoms with Gasteiger partial charge in [-0.25, -0.2) is 4.39 Å². The maximum absolute atomic E-state index is 13.2. The Kier molecular flexibility index (Phi) is 7.79. The smallest absolute Gasteiger partial charge is 0.191 e. The lowest BCUT2D eigenvalue weighted by atomic mass is 10.2.